The molecule has 2 aromatic heterocycles. The van der Waals surface area contributed by atoms with Crippen LogP contribution >= 0.6 is 11.8 Å². The molecular formula is C14H13N5OS. The van der Waals surface area contributed by atoms with E-state index in [1.54, 1.807) is 17.1 Å². The molecule has 0 fully saturated rings. The van der Waals surface area contributed by atoms with Gasteiger partial charge in [0.2, 0.25) is 5.91 Å². The first-order valence-electron chi connectivity index (χ1n) is 6.34. The molecule has 0 saturated carbocycles. The number of nitrogens with one attached hydrogen (secondary N) is 1. The van der Waals surface area contributed by atoms with E-state index < -0.39 is 0 Å². The Morgan fingerprint density at radius 3 is 3.05 bits per heavy atom. The number of hydrogen-bond acceptors (Lipinski definition) is 5. The Morgan fingerprint density at radius 2 is 2.24 bits per heavy atom. The minimum Gasteiger partial charge on any atom is -0.325 e. The van der Waals surface area contributed by atoms with Gasteiger partial charge >= 0.3 is 0 Å². The van der Waals surface area contributed by atoms with Crippen molar-refractivity contribution in [1.29, 1.82) is 0 Å². The highest BCUT2D eigenvalue weighted by atomic mass is 32.2. The molecule has 21 heavy (non-hydrogen) atoms. The average Bonchev–Trinajstić information content (AvgIpc) is 2.91. The number of carbonyl (C=O) groups excluding carboxylic acids is 1. The Labute approximate surface area is 125 Å². The van der Waals surface area contributed by atoms with E-state index in [-0.39, 0.29) is 11.7 Å². The minimum absolute atomic E-state index is 0.0839. The van der Waals surface area contributed by atoms with Crippen molar-refractivity contribution in [2.75, 3.05) is 11.1 Å². The predicted molar refractivity (Wildman–Crippen MR) is 82.1 cm³/mol. The van der Waals surface area contributed by atoms with Gasteiger partial charge in [-0.15, -0.1) is 10.2 Å². The van der Waals surface area contributed by atoms with Gasteiger partial charge in [0.25, 0.3) is 0 Å². The molecule has 0 saturated heterocycles. The second kappa shape index (κ2) is 5.92. The number of aromatic nitrogens is 4. The molecule has 0 unspecified atom stereocenters. The molecule has 3 aromatic rings. The number of benzene rings is 1. The molecule has 0 radical (unpaired) electrons. The van der Waals surface area contributed by atoms with Crippen molar-refractivity contribution < 1.29 is 4.79 Å². The summed E-state index contributed by atoms with van der Waals surface area (Å²) >= 11 is 1.35. The van der Waals surface area contributed by atoms with Crippen LogP contribution in [0.4, 0.5) is 5.69 Å². The van der Waals surface area contributed by atoms with Gasteiger partial charge in [-0.3, -0.25) is 9.78 Å². The van der Waals surface area contributed by atoms with E-state index in [1.807, 2.05) is 37.4 Å². The maximum Gasteiger partial charge on any atom is 0.234 e. The molecule has 7 heteroatoms. The van der Waals surface area contributed by atoms with E-state index in [4.69, 9.17) is 0 Å². The standard InChI is InChI=1S/C14H13N5OS/c1-19-9-16-18-14(19)21-8-13(20)17-12-6-2-5-11-10(12)4-3-7-15-11/h2-7,9H,8H2,1H3,(H,17,20). The van der Waals surface area contributed by atoms with Gasteiger partial charge in [-0.1, -0.05) is 17.8 Å². The van der Waals surface area contributed by atoms with Gasteiger partial charge in [0.05, 0.1) is 17.0 Å². The molecule has 3 rings (SSSR count). The second-order valence-electron chi connectivity index (χ2n) is 4.44. The van der Waals surface area contributed by atoms with Crippen LogP contribution in [0.3, 0.4) is 0 Å². The zero-order chi connectivity index (χ0) is 14.7. The molecule has 106 valence electrons. The first-order valence-corrected chi connectivity index (χ1v) is 7.33. The number of nitrogens with zero attached hydrogens (tertiary/aromatic N) is 4. The van der Waals surface area contributed by atoms with Gasteiger partial charge in [-0.25, -0.2) is 0 Å². The summed E-state index contributed by atoms with van der Waals surface area (Å²) in [5, 5.41) is 12.3. The number of amides is 1. The average molecular weight is 299 g/mol. The Bertz CT molecular complexity index is 780. The first-order chi connectivity index (χ1) is 10.2. The highest BCUT2D eigenvalue weighted by Crippen LogP contribution is 2.22. The summed E-state index contributed by atoms with van der Waals surface area (Å²) in [5.41, 5.74) is 1.63. The van der Waals surface area contributed by atoms with E-state index in [0.717, 1.165) is 16.6 Å². The largest absolute Gasteiger partial charge is 0.325 e. The van der Waals surface area contributed by atoms with Gasteiger partial charge in [0.15, 0.2) is 5.16 Å². The van der Waals surface area contributed by atoms with Crippen molar-refractivity contribution in [1.82, 2.24) is 19.7 Å². The number of pyridine rings is 1. The summed E-state index contributed by atoms with van der Waals surface area (Å²) in [4.78, 5) is 16.3. The molecule has 0 bridgehead atoms. The molecule has 0 aliphatic rings. The van der Waals surface area contributed by atoms with E-state index in [2.05, 4.69) is 20.5 Å². The zero-order valence-electron chi connectivity index (χ0n) is 11.4. The number of carbonyl (C=O) groups is 1. The lowest BCUT2D eigenvalue weighted by molar-refractivity contribution is -0.113. The van der Waals surface area contributed by atoms with Crippen molar-refractivity contribution in [3.63, 3.8) is 0 Å². The van der Waals surface area contributed by atoms with Gasteiger partial charge in [0, 0.05) is 18.6 Å². The summed E-state index contributed by atoms with van der Waals surface area (Å²) in [6.07, 6.45) is 3.34. The molecule has 0 aliphatic carbocycles. The van der Waals surface area contributed by atoms with Crippen LogP contribution in [-0.2, 0) is 11.8 Å². The first kappa shape index (κ1) is 13.6. The summed E-state index contributed by atoms with van der Waals surface area (Å²) in [6, 6.07) is 9.45. The molecule has 1 aromatic carbocycles. The minimum atomic E-state index is -0.0839. The molecule has 6 nitrogen and oxygen atoms in total. The molecule has 0 spiro atoms. The lowest BCUT2D eigenvalue weighted by Gasteiger charge is -2.07. The fraction of sp³-hybridized carbons (Fsp3) is 0.143. The third-order valence-corrected chi connectivity index (χ3v) is 3.96. The zero-order valence-corrected chi connectivity index (χ0v) is 12.2. The third-order valence-electron chi connectivity index (χ3n) is 2.92. The molecule has 0 atom stereocenters. The molecule has 2 heterocycles. The third kappa shape index (κ3) is 3.03. The van der Waals surface area contributed by atoms with Crippen molar-refractivity contribution in [2.24, 2.45) is 7.05 Å². The lowest BCUT2D eigenvalue weighted by Crippen LogP contribution is -2.14. The Balaban J connectivity index is 1.70. The number of aryl methyl sites for hydroxylation is 1. The van der Waals surface area contributed by atoms with E-state index in [9.17, 15) is 4.79 Å². The van der Waals surface area contributed by atoms with Crippen LogP contribution in [0.25, 0.3) is 10.9 Å². The maximum atomic E-state index is 12.1. The van der Waals surface area contributed by atoms with Gasteiger partial charge in [-0.2, -0.15) is 0 Å². The SMILES string of the molecule is Cn1cnnc1SCC(=O)Nc1cccc2ncccc12. The van der Waals surface area contributed by atoms with Crippen molar-refractivity contribution in [3.05, 3.63) is 42.9 Å². The van der Waals surface area contributed by atoms with Crippen LogP contribution in [0.2, 0.25) is 0 Å². The van der Waals surface area contributed by atoms with Crippen molar-refractivity contribution in [3.8, 4) is 0 Å². The normalized spacial score (nSPS) is 10.7. The van der Waals surface area contributed by atoms with Gasteiger partial charge in [-0.05, 0) is 24.3 Å². The summed E-state index contributed by atoms with van der Waals surface area (Å²) in [7, 11) is 1.84. The maximum absolute atomic E-state index is 12.1. The number of rotatable bonds is 4. The summed E-state index contributed by atoms with van der Waals surface area (Å²) in [6.45, 7) is 0. The van der Waals surface area contributed by atoms with Crippen LogP contribution in [0.15, 0.2) is 48.0 Å². The van der Waals surface area contributed by atoms with E-state index in [0.29, 0.717) is 5.16 Å². The smallest absolute Gasteiger partial charge is 0.234 e. The Morgan fingerprint density at radius 1 is 1.33 bits per heavy atom. The van der Waals surface area contributed by atoms with Gasteiger partial charge < -0.3 is 9.88 Å². The van der Waals surface area contributed by atoms with Crippen molar-refractivity contribution in [2.45, 2.75) is 5.16 Å². The Hall–Kier alpha value is -2.41. The van der Waals surface area contributed by atoms with Crippen LogP contribution in [0.5, 0.6) is 0 Å². The highest BCUT2D eigenvalue weighted by molar-refractivity contribution is 7.99. The summed E-state index contributed by atoms with van der Waals surface area (Å²) in [5.74, 6) is 0.197. The van der Waals surface area contributed by atoms with Crippen LogP contribution in [0, 0.1) is 0 Å². The topological polar surface area (TPSA) is 72.7 Å². The lowest BCUT2D eigenvalue weighted by atomic mass is 10.2. The van der Waals surface area contributed by atoms with Crippen LogP contribution < -0.4 is 5.32 Å². The molecule has 1 amide bonds. The number of hydrogen-bond donors (Lipinski definition) is 1. The molecule has 1 N–H and O–H groups in total. The quantitative estimate of drug-likeness (QED) is 0.747. The van der Waals surface area contributed by atoms with E-state index >= 15 is 0 Å². The molecule has 0 aliphatic heterocycles. The number of thioether (sulfide) groups is 1. The fourth-order valence-corrected chi connectivity index (χ4v) is 2.62. The van der Waals surface area contributed by atoms with Crippen molar-refractivity contribution >= 4 is 34.3 Å². The number of anilines is 1. The fourth-order valence-electron chi connectivity index (χ4n) is 1.93. The van der Waals surface area contributed by atoms with Gasteiger partial charge in [0.1, 0.15) is 6.33 Å². The van der Waals surface area contributed by atoms with Crippen LogP contribution in [0.1, 0.15) is 0 Å². The highest BCUT2D eigenvalue weighted by Gasteiger charge is 2.09. The molecular weight excluding hydrogens is 286 g/mol. The Kier molecular flexibility index (Phi) is 3.83. The predicted octanol–water partition coefficient (Wildman–Crippen LogP) is 2.09. The van der Waals surface area contributed by atoms with E-state index in [1.165, 1.54) is 11.8 Å². The number of fused-ring (bicyclic) bond motifs is 1. The van der Waals surface area contributed by atoms with Crippen LogP contribution in [-0.4, -0.2) is 31.4 Å². The monoisotopic (exact) mass is 299 g/mol. The summed E-state index contributed by atoms with van der Waals surface area (Å²) < 4.78 is 1.78. The second-order valence-corrected chi connectivity index (χ2v) is 5.38.